The summed E-state index contributed by atoms with van der Waals surface area (Å²) in [5, 5.41) is 4.07. The molecule has 1 amide bonds. The number of hydrogen-bond acceptors (Lipinski definition) is 7. The smallest absolute Gasteiger partial charge is 0.421 e. The van der Waals surface area contributed by atoms with Gasteiger partial charge in [0.25, 0.3) is 0 Å². The lowest BCUT2D eigenvalue weighted by atomic mass is 9.86. The number of anilines is 1. The number of carbonyl (C=O) groups excluding carboxylic acids is 2. The Balaban J connectivity index is 1.34. The van der Waals surface area contributed by atoms with Gasteiger partial charge in [-0.3, -0.25) is 5.32 Å². The maximum absolute atomic E-state index is 12.7. The summed E-state index contributed by atoms with van der Waals surface area (Å²) >= 11 is 1.41. The van der Waals surface area contributed by atoms with Gasteiger partial charge in [-0.1, -0.05) is 50.3 Å². The molecule has 2 aromatic carbocycles. The van der Waals surface area contributed by atoms with E-state index < -0.39 is 12.1 Å². The minimum Gasteiger partial charge on any atom is -0.496 e. The van der Waals surface area contributed by atoms with Crippen molar-refractivity contribution in [1.29, 1.82) is 0 Å². The van der Waals surface area contributed by atoms with E-state index in [1.165, 1.54) is 43.4 Å². The molecule has 1 aliphatic rings. The lowest BCUT2D eigenvalue weighted by Gasteiger charge is -2.21. The number of para-hydroxylation sites is 1. The van der Waals surface area contributed by atoms with Crippen LogP contribution in [0.5, 0.6) is 11.5 Å². The molecule has 2 heterocycles. The Morgan fingerprint density at radius 2 is 1.82 bits per heavy atom. The van der Waals surface area contributed by atoms with Gasteiger partial charge in [0.2, 0.25) is 0 Å². The van der Waals surface area contributed by atoms with Crippen molar-refractivity contribution in [2.24, 2.45) is 5.92 Å². The molecule has 0 spiro atoms. The number of ether oxygens (including phenoxy) is 3. The zero-order valence-electron chi connectivity index (χ0n) is 23.2. The van der Waals surface area contributed by atoms with Crippen LogP contribution in [-0.2, 0) is 22.5 Å². The van der Waals surface area contributed by atoms with Crippen molar-refractivity contribution in [3.63, 3.8) is 0 Å². The van der Waals surface area contributed by atoms with Gasteiger partial charge in [-0.25, -0.2) is 14.6 Å². The number of nitrogens with one attached hydrogen (secondary N) is 1. The monoisotopic (exact) mass is 561 g/mol. The molecular weight excluding hydrogens is 526 g/mol. The van der Waals surface area contributed by atoms with Gasteiger partial charge in [-0.2, -0.15) is 0 Å². The predicted octanol–water partition coefficient (Wildman–Crippen LogP) is 7.38. The van der Waals surface area contributed by atoms with Gasteiger partial charge in [0.15, 0.2) is 5.13 Å². The van der Waals surface area contributed by atoms with Gasteiger partial charge in [0.1, 0.15) is 18.0 Å². The first-order valence-corrected chi connectivity index (χ1v) is 14.5. The highest BCUT2D eigenvalue weighted by Gasteiger charge is 2.22. The number of carbonyl (C=O) groups is 2. The largest absolute Gasteiger partial charge is 0.496 e. The molecule has 0 aliphatic heterocycles. The molecule has 1 aliphatic carbocycles. The molecule has 1 saturated carbocycles. The number of benzene rings is 2. The fourth-order valence-electron chi connectivity index (χ4n) is 5.50. The molecule has 40 heavy (non-hydrogen) atoms. The number of esters is 1. The molecule has 0 bridgehead atoms. The van der Waals surface area contributed by atoms with Crippen LogP contribution in [-0.4, -0.2) is 35.8 Å². The maximum atomic E-state index is 12.7. The van der Waals surface area contributed by atoms with Gasteiger partial charge in [0, 0.05) is 22.2 Å². The van der Waals surface area contributed by atoms with Crippen LogP contribution in [0.25, 0.3) is 22.2 Å². The SMILES string of the molecule is COc1cc(-c2nc(NC(=O)OC(=O)Cn3ccc4ccccc43)sc2CCC2CCCCC2)c(OC)cc1C. The van der Waals surface area contributed by atoms with E-state index in [0.717, 1.165) is 51.2 Å². The van der Waals surface area contributed by atoms with Crippen molar-refractivity contribution in [3.05, 3.63) is 59.1 Å². The first kappa shape index (κ1) is 27.7. The summed E-state index contributed by atoms with van der Waals surface area (Å²) in [6, 6.07) is 13.5. The fraction of sp³-hybridized carbons (Fsp3) is 0.387. The topological polar surface area (TPSA) is 91.7 Å². The quantitative estimate of drug-likeness (QED) is 0.169. The second kappa shape index (κ2) is 12.6. The van der Waals surface area contributed by atoms with Crippen LogP contribution in [0.4, 0.5) is 9.93 Å². The average Bonchev–Trinajstić information content (AvgIpc) is 3.55. The summed E-state index contributed by atoms with van der Waals surface area (Å²) in [5.41, 5.74) is 3.40. The lowest BCUT2D eigenvalue weighted by Crippen LogP contribution is -2.21. The van der Waals surface area contributed by atoms with Crippen molar-refractivity contribution < 1.29 is 23.8 Å². The van der Waals surface area contributed by atoms with Crippen LogP contribution in [0, 0.1) is 12.8 Å². The molecular formula is C31H35N3O5S. The Morgan fingerprint density at radius 3 is 2.60 bits per heavy atom. The number of rotatable bonds is 9. The highest BCUT2D eigenvalue weighted by Crippen LogP contribution is 2.41. The molecule has 4 aromatic rings. The van der Waals surface area contributed by atoms with Crippen molar-refractivity contribution in [1.82, 2.24) is 9.55 Å². The Labute approximate surface area is 238 Å². The van der Waals surface area contributed by atoms with E-state index in [-0.39, 0.29) is 6.54 Å². The van der Waals surface area contributed by atoms with Gasteiger partial charge < -0.3 is 18.8 Å². The van der Waals surface area contributed by atoms with Crippen molar-refractivity contribution in [2.45, 2.75) is 58.4 Å². The summed E-state index contributed by atoms with van der Waals surface area (Å²) in [5.74, 6) is 1.46. The van der Waals surface area contributed by atoms with E-state index in [2.05, 4.69) is 5.32 Å². The number of aryl methyl sites for hydroxylation is 2. The van der Waals surface area contributed by atoms with Gasteiger partial charge in [-0.15, -0.1) is 11.3 Å². The summed E-state index contributed by atoms with van der Waals surface area (Å²) in [4.78, 5) is 31.1. The Hall–Kier alpha value is -3.85. The van der Waals surface area contributed by atoms with Crippen LogP contribution < -0.4 is 14.8 Å². The summed E-state index contributed by atoms with van der Waals surface area (Å²) < 4.78 is 18.1. The molecule has 1 N–H and O–H groups in total. The van der Waals surface area contributed by atoms with Crippen molar-refractivity contribution in [2.75, 3.05) is 19.5 Å². The number of methoxy groups -OCH3 is 2. The molecule has 0 saturated heterocycles. The zero-order valence-corrected chi connectivity index (χ0v) is 24.0. The second-order valence-corrected chi connectivity index (χ2v) is 11.3. The number of thiazole rings is 1. The number of fused-ring (bicyclic) bond motifs is 1. The standard InChI is InChI=1S/C31H35N3O5S/c1-20-17-26(38-3)23(18-25(20)37-2)29-27(14-13-21-9-5-4-6-10-21)40-30(32-29)33-31(36)39-28(35)19-34-16-15-22-11-7-8-12-24(22)34/h7-8,11-12,15-18,21H,4-6,9-10,13-14,19H2,1-3H3,(H,32,33,36). The van der Waals surface area contributed by atoms with Crippen LogP contribution >= 0.6 is 11.3 Å². The molecule has 0 atom stereocenters. The highest BCUT2D eigenvalue weighted by atomic mass is 32.1. The Morgan fingerprint density at radius 1 is 1.05 bits per heavy atom. The normalized spacial score (nSPS) is 13.8. The molecule has 1 fully saturated rings. The van der Waals surface area contributed by atoms with Crippen LogP contribution in [0.3, 0.4) is 0 Å². The van der Waals surface area contributed by atoms with Crippen molar-refractivity contribution >= 4 is 39.4 Å². The van der Waals surface area contributed by atoms with E-state index >= 15 is 0 Å². The number of aromatic nitrogens is 2. The second-order valence-electron chi connectivity index (χ2n) is 10.2. The van der Waals surface area contributed by atoms with Gasteiger partial charge in [0.05, 0.1) is 19.9 Å². The van der Waals surface area contributed by atoms with Crippen LogP contribution in [0.15, 0.2) is 48.7 Å². The molecule has 0 radical (unpaired) electrons. The number of hydrogen-bond donors (Lipinski definition) is 1. The fourth-order valence-corrected chi connectivity index (χ4v) is 6.47. The van der Waals surface area contributed by atoms with E-state index in [1.807, 2.05) is 49.4 Å². The molecule has 2 aromatic heterocycles. The predicted molar refractivity (Wildman–Crippen MR) is 157 cm³/mol. The highest BCUT2D eigenvalue weighted by molar-refractivity contribution is 7.16. The maximum Gasteiger partial charge on any atom is 0.421 e. The summed E-state index contributed by atoms with van der Waals surface area (Å²) in [6.07, 6.45) is 9.26. The number of amides is 1. The van der Waals surface area contributed by atoms with Crippen molar-refractivity contribution in [3.8, 4) is 22.8 Å². The molecule has 5 rings (SSSR count). The van der Waals surface area contributed by atoms with Crippen LogP contribution in [0.2, 0.25) is 0 Å². The molecule has 210 valence electrons. The van der Waals surface area contributed by atoms with Gasteiger partial charge in [-0.05, 0) is 60.9 Å². The van der Waals surface area contributed by atoms with E-state index in [9.17, 15) is 9.59 Å². The lowest BCUT2D eigenvalue weighted by molar-refractivity contribution is -0.137. The van der Waals surface area contributed by atoms with E-state index in [1.54, 1.807) is 25.0 Å². The zero-order chi connectivity index (χ0) is 28.1. The third-order valence-electron chi connectivity index (χ3n) is 7.57. The molecule has 9 heteroatoms. The van der Waals surface area contributed by atoms with Gasteiger partial charge >= 0.3 is 12.1 Å². The third-order valence-corrected chi connectivity index (χ3v) is 8.60. The van der Waals surface area contributed by atoms with E-state index in [0.29, 0.717) is 16.8 Å². The summed E-state index contributed by atoms with van der Waals surface area (Å²) in [7, 11) is 3.27. The number of nitrogens with zero attached hydrogens (tertiary/aromatic N) is 2. The molecule has 8 nitrogen and oxygen atoms in total. The minimum absolute atomic E-state index is 0.0724. The molecule has 0 unspecified atom stereocenters. The van der Waals surface area contributed by atoms with Crippen LogP contribution in [0.1, 0.15) is 49.0 Å². The minimum atomic E-state index is -0.853. The Kier molecular flexibility index (Phi) is 8.69. The van der Waals surface area contributed by atoms with E-state index in [4.69, 9.17) is 19.2 Å². The Bertz CT molecular complexity index is 1500. The third kappa shape index (κ3) is 6.31. The first-order valence-electron chi connectivity index (χ1n) is 13.7. The first-order chi connectivity index (χ1) is 19.4. The summed E-state index contributed by atoms with van der Waals surface area (Å²) in [6.45, 7) is 1.89. The average molecular weight is 562 g/mol.